The smallest absolute Gasteiger partial charge is 0.206 e. The third kappa shape index (κ3) is 2.92. The van der Waals surface area contributed by atoms with E-state index < -0.39 is 0 Å². The summed E-state index contributed by atoms with van der Waals surface area (Å²) in [4.78, 5) is 10.5. The zero-order chi connectivity index (χ0) is 15.6. The number of aromatic nitrogens is 4. The van der Waals surface area contributed by atoms with Crippen LogP contribution in [-0.2, 0) is 0 Å². The predicted octanol–water partition coefficient (Wildman–Crippen LogP) is 4.40. The highest BCUT2D eigenvalue weighted by molar-refractivity contribution is 8.01. The molecule has 0 spiro atoms. The molecule has 4 rings (SSSR count). The van der Waals surface area contributed by atoms with Gasteiger partial charge in [0.2, 0.25) is 5.13 Å². The number of hydrogen-bond donors (Lipinski definition) is 1. The number of thiophene rings is 1. The standard InChI is InChI=1S/C15H11N5S3/c1-16-14-19-20-15(23-14)22-13-9-5-2-3-6-10(9)17-12(18-13)11-7-4-8-21-11/h2-8H,1H3,(H,16,19). The summed E-state index contributed by atoms with van der Waals surface area (Å²) in [7, 11) is 1.84. The van der Waals surface area contributed by atoms with Crippen LogP contribution >= 0.6 is 34.4 Å². The van der Waals surface area contributed by atoms with Crippen molar-refractivity contribution in [2.24, 2.45) is 0 Å². The van der Waals surface area contributed by atoms with Gasteiger partial charge in [-0.2, -0.15) is 0 Å². The molecule has 5 nitrogen and oxygen atoms in total. The van der Waals surface area contributed by atoms with Crippen molar-refractivity contribution in [1.82, 2.24) is 20.2 Å². The van der Waals surface area contributed by atoms with Crippen LogP contribution in [0.2, 0.25) is 0 Å². The molecule has 3 aromatic heterocycles. The Bertz CT molecular complexity index is 949. The van der Waals surface area contributed by atoms with Crippen molar-refractivity contribution in [2.45, 2.75) is 9.37 Å². The number of anilines is 1. The van der Waals surface area contributed by atoms with Crippen LogP contribution in [-0.4, -0.2) is 27.2 Å². The molecule has 0 aliphatic heterocycles. The zero-order valence-corrected chi connectivity index (χ0v) is 14.5. The van der Waals surface area contributed by atoms with Crippen molar-refractivity contribution < 1.29 is 0 Å². The molecule has 8 heteroatoms. The van der Waals surface area contributed by atoms with Gasteiger partial charge in [-0.15, -0.1) is 21.5 Å². The Balaban J connectivity index is 1.83. The molecule has 4 aromatic rings. The summed E-state index contributed by atoms with van der Waals surface area (Å²) in [6.45, 7) is 0. The minimum absolute atomic E-state index is 0.750. The van der Waals surface area contributed by atoms with Gasteiger partial charge >= 0.3 is 0 Å². The summed E-state index contributed by atoms with van der Waals surface area (Å²) in [5.74, 6) is 0.750. The lowest BCUT2D eigenvalue weighted by molar-refractivity contribution is 1.01. The van der Waals surface area contributed by atoms with Crippen LogP contribution in [0, 0.1) is 0 Å². The van der Waals surface area contributed by atoms with Crippen molar-refractivity contribution in [3.63, 3.8) is 0 Å². The van der Waals surface area contributed by atoms with Gasteiger partial charge in [-0.1, -0.05) is 35.6 Å². The summed E-state index contributed by atoms with van der Waals surface area (Å²) in [5.41, 5.74) is 0.937. The molecular weight excluding hydrogens is 346 g/mol. The van der Waals surface area contributed by atoms with Crippen LogP contribution in [0.5, 0.6) is 0 Å². The molecule has 3 heterocycles. The SMILES string of the molecule is CNc1nnc(Sc2nc(-c3cccs3)nc3ccccc23)s1. The Morgan fingerprint density at radius 3 is 2.74 bits per heavy atom. The van der Waals surface area contributed by atoms with Gasteiger partial charge in [0.1, 0.15) is 5.03 Å². The average Bonchev–Trinajstić information content (AvgIpc) is 3.26. The molecule has 0 unspecified atom stereocenters. The van der Waals surface area contributed by atoms with Crippen LogP contribution in [0.15, 0.2) is 51.1 Å². The minimum atomic E-state index is 0.750. The highest BCUT2D eigenvalue weighted by Gasteiger charge is 2.13. The maximum Gasteiger partial charge on any atom is 0.206 e. The highest BCUT2D eigenvalue weighted by atomic mass is 32.2. The fourth-order valence-corrected chi connectivity index (χ4v) is 4.47. The van der Waals surface area contributed by atoms with E-state index in [9.17, 15) is 0 Å². The van der Waals surface area contributed by atoms with Crippen LogP contribution in [0.1, 0.15) is 0 Å². The largest absolute Gasteiger partial charge is 0.363 e. The first-order chi connectivity index (χ1) is 11.3. The first kappa shape index (κ1) is 14.6. The molecule has 0 amide bonds. The predicted molar refractivity (Wildman–Crippen MR) is 96.4 cm³/mol. The van der Waals surface area contributed by atoms with Gasteiger partial charge in [0.25, 0.3) is 0 Å². The molecule has 114 valence electrons. The number of rotatable bonds is 4. The van der Waals surface area contributed by atoms with Crippen molar-refractivity contribution >= 4 is 50.5 Å². The van der Waals surface area contributed by atoms with Gasteiger partial charge in [0.15, 0.2) is 10.2 Å². The molecule has 23 heavy (non-hydrogen) atoms. The summed E-state index contributed by atoms with van der Waals surface area (Å²) < 4.78 is 0.857. The second-order valence-corrected chi connectivity index (χ2v) is 7.73. The van der Waals surface area contributed by atoms with Gasteiger partial charge in [-0.05, 0) is 29.3 Å². The Kier molecular flexibility index (Phi) is 3.94. The molecule has 0 fully saturated rings. The normalized spacial score (nSPS) is 11.0. The Hall–Kier alpha value is -2.03. The maximum atomic E-state index is 4.75. The molecule has 0 aliphatic carbocycles. The maximum absolute atomic E-state index is 4.75. The summed E-state index contributed by atoms with van der Waals surface area (Å²) in [5, 5.41) is 16.0. The number of fused-ring (bicyclic) bond motifs is 1. The van der Waals surface area contributed by atoms with E-state index in [1.54, 1.807) is 11.3 Å². The minimum Gasteiger partial charge on any atom is -0.363 e. The van der Waals surface area contributed by atoms with Gasteiger partial charge in [-0.3, -0.25) is 0 Å². The Labute approximate surface area is 144 Å². The van der Waals surface area contributed by atoms with Crippen molar-refractivity contribution in [2.75, 3.05) is 12.4 Å². The molecule has 0 saturated carbocycles. The van der Waals surface area contributed by atoms with Crippen molar-refractivity contribution in [3.05, 3.63) is 41.8 Å². The molecule has 0 saturated heterocycles. The number of benzene rings is 1. The van der Waals surface area contributed by atoms with E-state index in [1.165, 1.54) is 23.1 Å². The third-order valence-corrected chi connectivity index (χ3v) is 5.98. The van der Waals surface area contributed by atoms with Gasteiger partial charge in [-0.25, -0.2) is 9.97 Å². The van der Waals surface area contributed by atoms with Gasteiger partial charge in [0, 0.05) is 12.4 Å². The number of para-hydroxylation sites is 1. The topological polar surface area (TPSA) is 63.6 Å². The van der Waals surface area contributed by atoms with Crippen LogP contribution in [0.3, 0.4) is 0 Å². The fourth-order valence-electron chi connectivity index (χ4n) is 2.08. The van der Waals surface area contributed by atoms with Crippen LogP contribution in [0.25, 0.3) is 21.6 Å². The Morgan fingerprint density at radius 2 is 1.96 bits per heavy atom. The summed E-state index contributed by atoms with van der Waals surface area (Å²) in [6, 6.07) is 12.1. The van der Waals surface area contributed by atoms with E-state index in [0.29, 0.717) is 0 Å². The number of nitrogens with zero attached hydrogens (tertiary/aromatic N) is 4. The molecule has 1 N–H and O–H groups in total. The lowest BCUT2D eigenvalue weighted by atomic mass is 10.2. The van der Waals surface area contributed by atoms with E-state index in [2.05, 4.69) is 20.5 Å². The Morgan fingerprint density at radius 1 is 1.04 bits per heavy atom. The first-order valence-corrected chi connectivity index (χ1v) is 9.34. The van der Waals surface area contributed by atoms with Crippen LogP contribution in [0.4, 0.5) is 5.13 Å². The second kappa shape index (κ2) is 6.23. The second-order valence-electron chi connectivity index (χ2n) is 4.57. The quantitative estimate of drug-likeness (QED) is 0.546. The van der Waals surface area contributed by atoms with E-state index in [4.69, 9.17) is 4.98 Å². The average molecular weight is 357 g/mol. The molecule has 0 atom stereocenters. The highest BCUT2D eigenvalue weighted by Crippen LogP contribution is 2.36. The van der Waals surface area contributed by atoms with Crippen LogP contribution < -0.4 is 5.32 Å². The number of nitrogens with one attached hydrogen (secondary N) is 1. The molecule has 0 radical (unpaired) electrons. The zero-order valence-electron chi connectivity index (χ0n) is 12.1. The van der Waals surface area contributed by atoms with Crippen molar-refractivity contribution in [3.8, 4) is 10.7 Å². The third-order valence-electron chi connectivity index (χ3n) is 3.11. The van der Waals surface area contributed by atoms with Gasteiger partial charge < -0.3 is 5.32 Å². The van der Waals surface area contributed by atoms with E-state index >= 15 is 0 Å². The summed E-state index contributed by atoms with van der Waals surface area (Å²) >= 11 is 4.67. The van der Waals surface area contributed by atoms with E-state index in [0.717, 1.165) is 36.1 Å². The number of hydrogen-bond acceptors (Lipinski definition) is 8. The molecular formula is C15H11N5S3. The lowest BCUT2D eigenvalue weighted by Gasteiger charge is -2.05. The molecule has 1 aromatic carbocycles. The van der Waals surface area contributed by atoms with Crippen molar-refractivity contribution in [1.29, 1.82) is 0 Å². The van der Waals surface area contributed by atoms with E-state index in [-0.39, 0.29) is 0 Å². The molecule has 0 bridgehead atoms. The fraction of sp³-hybridized carbons (Fsp3) is 0.0667. The first-order valence-electron chi connectivity index (χ1n) is 6.83. The lowest BCUT2D eigenvalue weighted by Crippen LogP contribution is -1.92. The summed E-state index contributed by atoms with van der Waals surface area (Å²) in [6.07, 6.45) is 0. The van der Waals surface area contributed by atoms with E-state index in [1.807, 2.05) is 48.8 Å². The molecule has 0 aliphatic rings. The van der Waals surface area contributed by atoms with Gasteiger partial charge in [0.05, 0.1) is 10.4 Å². The monoisotopic (exact) mass is 357 g/mol.